The molecule has 1 aromatic rings. The molecular weight excluding hydrogens is 210 g/mol. The summed E-state index contributed by atoms with van der Waals surface area (Å²) < 4.78 is 4.64. The van der Waals surface area contributed by atoms with Gasteiger partial charge in [-0.1, -0.05) is 12.1 Å². The zero-order chi connectivity index (χ0) is 10.7. The molecule has 1 N–H and O–H groups in total. The Kier molecular flexibility index (Phi) is 3.28. The third-order valence-electron chi connectivity index (χ3n) is 2.35. The third-order valence-corrected chi connectivity index (χ3v) is 3.56. The molecule has 15 heavy (non-hydrogen) atoms. The van der Waals surface area contributed by atoms with Crippen molar-refractivity contribution in [2.45, 2.75) is 5.37 Å². The van der Waals surface area contributed by atoms with E-state index in [-0.39, 0.29) is 5.97 Å². The van der Waals surface area contributed by atoms with Gasteiger partial charge in [0.2, 0.25) is 0 Å². The van der Waals surface area contributed by atoms with Crippen molar-refractivity contribution in [3.63, 3.8) is 0 Å². The molecule has 0 saturated carbocycles. The van der Waals surface area contributed by atoms with Gasteiger partial charge in [-0.3, -0.25) is 0 Å². The van der Waals surface area contributed by atoms with Gasteiger partial charge in [-0.25, -0.2) is 4.79 Å². The van der Waals surface area contributed by atoms with Crippen molar-refractivity contribution in [3.8, 4) is 0 Å². The largest absolute Gasteiger partial charge is 0.465 e. The topological polar surface area (TPSA) is 38.3 Å². The number of methoxy groups -OCH3 is 1. The quantitative estimate of drug-likeness (QED) is 0.776. The van der Waals surface area contributed by atoms with Crippen molar-refractivity contribution < 1.29 is 9.53 Å². The van der Waals surface area contributed by atoms with E-state index >= 15 is 0 Å². The van der Waals surface area contributed by atoms with Crippen LogP contribution in [0.15, 0.2) is 24.3 Å². The highest BCUT2D eigenvalue weighted by Crippen LogP contribution is 2.29. The van der Waals surface area contributed by atoms with Gasteiger partial charge in [-0.05, 0) is 17.7 Å². The fraction of sp³-hybridized carbons (Fsp3) is 0.364. The maximum Gasteiger partial charge on any atom is 0.337 e. The van der Waals surface area contributed by atoms with Gasteiger partial charge in [0.1, 0.15) is 0 Å². The minimum Gasteiger partial charge on any atom is -0.465 e. The Labute approximate surface area is 93.2 Å². The zero-order valence-electron chi connectivity index (χ0n) is 8.53. The Bertz CT molecular complexity index is 344. The lowest BCUT2D eigenvalue weighted by atomic mass is 10.1. The molecule has 3 nitrogen and oxygen atoms in total. The summed E-state index contributed by atoms with van der Waals surface area (Å²) in [5, 5.41) is 3.75. The molecule has 1 aromatic carbocycles. The van der Waals surface area contributed by atoms with E-state index in [1.54, 1.807) is 0 Å². The molecule has 2 rings (SSSR count). The molecule has 1 atom stereocenters. The lowest BCUT2D eigenvalue weighted by Crippen LogP contribution is -2.12. The number of benzene rings is 1. The minimum atomic E-state index is -0.284. The molecule has 0 unspecified atom stereocenters. The Morgan fingerprint density at radius 3 is 2.73 bits per heavy atom. The molecule has 0 radical (unpaired) electrons. The first kappa shape index (κ1) is 10.5. The van der Waals surface area contributed by atoms with Crippen LogP contribution < -0.4 is 5.32 Å². The summed E-state index contributed by atoms with van der Waals surface area (Å²) >= 11 is 1.89. The second kappa shape index (κ2) is 4.68. The number of nitrogens with one attached hydrogen (secondary N) is 1. The smallest absolute Gasteiger partial charge is 0.337 e. The lowest BCUT2D eigenvalue weighted by molar-refractivity contribution is 0.0600. The first-order valence-corrected chi connectivity index (χ1v) is 5.89. The number of thioether (sulfide) groups is 1. The van der Waals surface area contributed by atoms with Crippen LogP contribution >= 0.6 is 11.8 Å². The molecule has 0 aliphatic carbocycles. The predicted molar refractivity (Wildman–Crippen MR) is 61.0 cm³/mol. The number of esters is 1. The number of carbonyl (C=O) groups excluding carboxylic acids is 1. The van der Waals surface area contributed by atoms with Gasteiger partial charge in [0.15, 0.2) is 0 Å². The SMILES string of the molecule is COC(=O)c1ccc([C@H]2NCCS2)cc1. The van der Waals surface area contributed by atoms with Crippen molar-refractivity contribution in [3.05, 3.63) is 35.4 Å². The van der Waals surface area contributed by atoms with Crippen LogP contribution in [-0.2, 0) is 4.74 Å². The number of carbonyl (C=O) groups is 1. The average molecular weight is 223 g/mol. The predicted octanol–water partition coefficient (Wildman–Crippen LogP) is 1.81. The van der Waals surface area contributed by atoms with Crippen LogP contribution in [-0.4, -0.2) is 25.4 Å². The highest BCUT2D eigenvalue weighted by molar-refractivity contribution is 7.99. The Hall–Kier alpha value is -1.00. The lowest BCUT2D eigenvalue weighted by Gasteiger charge is -2.09. The van der Waals surface area contributed by atoms with Gasteiger partial charge < -0.3 is 10.1 Å². The molecule has 80 valence electrons. The average Bonchev–Trinajstić information content (AvgIpc) is 2.82. The summed E-state index contributed by atoms with van der Waals surface area (Å²) in [5.74, 6) is 0.859. The highest BCUT2D eigenvalue weighted by Gasteiger charge is 2.16. The minimum absolute atomic E-state index is 0.284. The van der Waals surface area contributed by atoms with Crippen LogP contribution in [0.1, 0.15) is 21.3 Å². The van der Waals surface area contributed by atoms with Gasteiger partial charge in [0.25, 0.3) is 0 Å². The van der Waals surface area contributed by atoms with Crippen LogP contribution in [0.25, 0.3) is 0 Å². The van der Waals surface area contributed by atoms with E-state index in [4.69, 9.17) is 0 Å². The normalized spacial score (nSPS) is 20.2. The number of ether oxygens (including phenoxy) is 1. The third kappa shape index (κ3) is 2.33. The maximum absolute atomic E-state index is 11.2. The van der Waals surface area contributed by atoms with Crippen LogP contribution in [0.4, 0.5) is 0 Å². The second-order valence-corrected chi connectivity index (χ2v) is 4.53. The van der Waals surface area contributed by atoms with E-state index in [1.807, 2.05) is 36.0 Å². The van der Waals surface area contributed by atoms with Crippen LogP contribution in [0.2, 0.25) is 0 Å². The van der Waals surface area contributed by atoms with Crippen molar-refractivity contribution in [2.24, 2.45) is 0 Å². The van der Waals surface area contributed by atoms with Crippen molar-refractivity contribution in [1.29, 1.82) is 0 Å². The Balaban J connectivity index is 2.12. The Morgan fingerprint density at radius 2 is 2.20 bits per heavy atom. The first-order valence-electron chi connectivity index (χ1n) is 4.84. The van der Waals surface area contributed by atoms with E-state index in [0.717, 1.165) is 12.3 Å². The van der Waals surface area contributed by atoms with Crippen molar-refractivity contribution >= 4 is 17.7 Å². The molecule has 4 heteroatoms. The van der Waals surface area contributed by atoms with Gasteiger partial charge in [0.05, 0.1) is 18.0 Å². The summed E-state index contributed by atoms with van der Waals surface area (Å²) in [6, 6.07) is 7.56. The summed E-state index contributed by atoms with van der Waals surface area (Å²) in [6.45, 7) is 1.05. The van der Waals surface area contributed by atoms with Gasteiger partial charge in [-0.15, -0.1) is 11.8 Å². The second-order valence-electron chi connectivity index (χ2n) is 3.32. The first-order chi connectivity index (χ1) is 7.31. The standard InChI is InChI=1S/C11H13NO2S/c1-14-11(13)9-4-2-8(3-5-9)10-12-6-7-15-10/h2-5,10,12H,6-7H2,1H3/t10-/m0/s1. The Morgan fingerprint density at radius 1 is 1.47 bits per heavy atom. The van der Waals surface area contributed by atoms with Gasteiger partial charge in [-0.2, -0.15) is 0 Å². The molecule has 0 spiro atoms. The van der Waals surface area contributed by atoms with Crippen molar-refractivity contribution in [1.82, 2.24) is 5.32 Å². The van der Waals surface area contributed by atoms with Crippen LogP contribution in [0, 0.1) is 0 Å². The fourth-order valence-corrected chi connectivity index (χ4v) is 2.61. The summed E-state index contributed by atoms with van der Waals surface area (Å²) in [5.41, 5.74) is 1.81. The fourth-order valence-electron chi connectivity index (χ4n) is 1.55. The molecule has 0 bridgehead atoms. The molecule has 1 fully saturated rings. The molecule has 1 saturated heterocycles. The van der Waals surface area contributed by atoms with Gasteiger partial charge >= 0.3 is 5.97 Å². The van der Waals surface area contributed by atoms with Crippen molar-refractivity contribution in [2.75, 3.05) is 19.4 Å². The van der Waals surface area contributed by atoms with Crippen LogP contribution in [0.3, 0.4) is 0 Å². The number of hydrogen-bond donors (Lipinski definition) is 1. The zero-order valence-corrected chi connectivity index (χ0v) is 9.34. The summed E-state index contributed by atoms with van der Waals surface area (Å²) in [6.07, 6.45) is 0. The van der Waals surface area contributed by atoms with Crippen LogP contribution in [0.5, 0.6) is 0 Å². The van der Waals surface area contributed by atoms with E-state index in [2.05, 4.69) is 10.1 Å². The van der Waals surface area contributed by atoms with E-state index in [1.165, 1.54) is 12.7 Å². The highest BCUT2D eigenvalue weighted by atomic mass is 32.2. The maximum atomic E-state index is 11.2. The summed E-state index contributed by atoms with van der Waals surface area (Å²) in [7, 11) is 1.39. The van der Waals surface area contributed by atoms with E-state index in [0.29, 0.717) is 10.9 Å². The summed E-state index contributed by atoms with van der Waals surface area (Å²) in [4.78, 5) is 11.2. The molecular formula is C11H13NO2S. The molecule has 1 aliphatic heterocycles. The van der Waals surface area contributed by atoms with E-state index < -0.39 is 0 Å². The number of hydrogen-bond acceptors (Lipinski definition) is 4. The molecule has 0 amide bonds. The molecule has 1 heterocycles. The molecule has 1 aliphatic rings. The van der Waals surface area contributed by atoms with E-state index in [9.17, 15) is 4.79 Å². The molecule has 0 aromatic heterocycles. The number of rotatable bonds is 2. The van der Waals surface area contributed by atoms with Gasteiger partial charge in [0, 0.05) is 12.3 Å². The monoisotopic (exact) mass is 223 g/mol.